The molecule has 0 radical (unpaired) electrons. The Labute approximate surface area is 197 Å². The summed E-state index contributed by atoms with van der Waals surface area (Å²) in [6, 6.07) is 8.13. The first kappa shape index (κ1) is 26.5. The van der Waals surface area contributed by atoms with Crippen molar-refractivity contribution >= 4 is 8.32 Å². The van der Waals surface area contributed by atoms with Crippen LogP contribution >= 0.6 is 0 Å². The van der Waals surface area contributed by atoms with Gasteiger partial charge in [0, 0.05) is 24.1 Å². The van der Waals surface area contributed by atoms with Crippen LogP contribution in [0.1, 0.15) is 77.2 Å². The summed E-state index contributed by atoms with van der Waals surface area (Å²) in [5.41, 5.74) is 2.18. The Bertz CT molecular complexity index is 742. The number of aryl methyl sites for hydroxylation is 1. The van der Waals surface area contributed by atoms with Gasteiger partial charge in [-0.05, 0) is 75.7 Å². The van der Waals surface area contributed by atoms with Gasteiger partial charge in [-0.25, -0.2) is 9.97 Å². The minimum atomic E-state index is -1.48. The van der Waals surface area contributed by atoms with Crippen molar-refractivity contribution in [1.82, 2.24) is 9.97 Å². The standard InChI is InChI=1S/C27H44N2O2Si/c1-6-7-8-9-10-11-12-13-20-30-26-18-16-25(17-19-26)27-28-21-24(22-29-27)15-14-23(2)31-32(3,4)5/h16-19,21-23H,6-15,20H2,1-5H3. The normalized spacial score (nSPS) is 12.7. The summed E-state index contributed by atoms with van der Waals surface area (Å²) in [7, 11) is -1.48. The molecule has 178 valence electrons. The number of unbranched alkanes of at least 4 members (excludes halogenated alkanes) is 7. The zero-order valence-corrected chi connectivity index (χ0v) is 22.0. The highest BCUT2D eigenvalue weighted by Gasteiger charge is 2.18. The second-order valence-corrected chi connectivity index (χ2v) is 14.3. The van der Waals surface area contributed by atoms with E-state index in [0.717, 1.165) is 48.6 Å². The quantitative estimate of drug-likeness (QED) is 0.191. The SMILES string of the molecule is CCCCCCCCCCOc1ccc(-c2ncc(CCC(C)O[Si](C)(C)C)cn2)cc1. The summed E-state index contributed by atoms with van der Waals surface area (Å²) < 4.78 is 12.0. The van der Waals surface area contributed by atoms with E-state index in [4.69, 9.17) is 9.16 Å². The number of aromatic nitrogens is 2. The van der Waals surface area contributed by atoms with E-state index < -0.39 is 8.32 Å². The molecule has 1 aromatic heterocycles. The van der Waals surface area contributed by atoms with Crippen LogP contribution in [0.3, 0.4) is 0 Å². The first-order chi connectivity index (χ1) is 15.4. The topological polar surface area (TPSA) is 44.2 Å². The largest absolute Gasteiger partial charge is 0.494 e. The van der Waals surface area contributed by atoms with Gasteiger partial charge in [0.1, 0.15) is 5.75 Å². The maximum atomic E-state index is 6.11. The molecule has 0 saturated carbocycles. The van der Waals surface area contributed by atoms with Crippen LogP contribution in [0.2, 0.25) is 19.6 Å². The fourth-order valence-electron chi connectivity index (χ4n) is 3.79. The smallest absolute Gasteiger partial charge is 0.184 e. The molecule has 2 aromatic rings. The molecule has 1 atom stereocenters. The van der Waals surface area contributed by atoms with Crippen molar-refractivity contribution in [2.24, 2.45) is 0 Å². The lowest BCUT2D eigenvalue weighted by molar-refractivity contribution is 0.204. The first-order valence-corrected chi connectivity index (χ1v) is 16.0. The minimum Gasteiger partial charge on any atom is -0.494 e. The number of benzene rings is 1. The molecule has 32 heavy (non-hydrogen) atoms. The number of ether oxygens (including phenoxy) is 1. The second-order valence-electron chi connectivity index (χ2n) is 9.84. The zero-order valence-electron chi connectivity index (χ0n) is 21.0. The van der Waals surface area contributed by atoms with Crippen molar-refractivity contribution in [3.63, 3.8) is 0 Å². The van der Waals surface area contributed by atoms with Crippen molar-refractivity contribution in [3.05, 3.63) is 42.2 Å². The van der Waals surface area contributed by atoms with Gasteiger partial charge in [0.25, 0.3) is 0 Å². The Morgan fingerprint density at radius 1 is 0.844 bits per heavy atom. The molecule has 0 spiro atoms. The molecule has 2 rings (SSSR count). The third kappa shape index (κ3) is 11.2. The lowest BCUT2D eigenvalue weighted by atomic mass is 10.1. The average molecular weight is 457 g/mol. The Hall–Kier alpha value is -1.72. The fourth-order valence-corrected chi connectivity index (χ4v) is 5.12. The fraction of sp³-hybridized carbons (Fsp3) is 0.630. The van der Waals surface area contributed by atoms with Crippen LogP contribution in [0.5, 0.6) is 5.75 Å². The van der Waals surface area contributed by atoms with Crippen LogP contribution in [0.4, 0.5) is 0 Å². The van der Waals surface area contributed by atoms with Crippen molar-refractivity contribution in [2.75, 3.05) is 6.61 Å². The summed E-state index contributed by atoms with van der Waals surface area (Å²) >= 11 is 0. The molecule has 5 heteroatoms. The van der Waals surface area contributed by atoms with Gasteiger partial charge < -0.3 is 9.16 Å². The van der Waals surface area contributed by atoms with Crippen molar-refractivity contribution in [2.45, 2.75) is 104 Å². The van der Waals surface area contributed by atoms with Gasteiger partial charge in [-0.2, -0.15) is 0 Å². The zero-order chi connectivity index (χ0) is 23.2. The maximum absolute atomic E-state index is 6.11. The van der Waals surface area contributed by atoms with Gasteiger partial charge in [-0.1, -0.05) is 51.9 Å². The van der Waals surface area contributed by atoms with Gasteiger partial charge >= 0.3 is 0 Å². The summed E-state index contributed by atoms with van der Waals surface area (Å²) in [6.45, 7) is 11.9. The summed E-state index contributed by atoms with van der Waals surface area (Å²) in [5, 5.41) is 0. The highest BCUT2D eigenvalue weighted by Crippen LogP contribution is 2.20. The lowest BCUT2D eigenvalue weighted by Gasteiger charge is -2.23. The highest BCUT2D eigenvalue weighted by molar-refractivity contribution is 6.69. The molecule has 0 amide bonds. The Kier molecular flexibility index (Phi) is 12.0. The number of rotatable bonds is 16. The third-order valence-corrected chi connectivity index (χ3v) is 6.59. The van der Waals surface area contributed by atoms with Crippen LogP contribution in [-0.4, -0.2) is 31.0 Å². The van der Waals surface area contributed by atoms with E-state index >= 15 is 0 Å². The minimum absolute atomic E-state index is 0.277. The second kappa shape index (κ2) is 14.4. The van der Waals surface area contributed by atoms with E-state index in [1.54, 1.807) is 0 Å². The molecule has 1 unspecified atom stereocenters. The van der Waals surface area contributed by atoms with Crippen LogP contribution in [0.15, 0.2) is 36.7 Å². The van der Waals surface area contributed by atoms with Crippen LogP contribution < -0.4 is 4.74 Å². The number of nitrogens with zero attached hydrogens (tertiary/aromatic N) is 2. The van der Waals surface area contributed by atoms with E-state index in [1.165, 1.54) is 44.9 Å². The van der Waals surface area contributed by atoms with E-state index in [9.17, 15) is 0 Å². The number of hydrogen-bond acceptors (Lipinski definition) is 4. The van der Waals surface area contributed by atoms with Crippen molar-refractivity contribution < 1.29 is 9.16 Å². The summed E-state index contributed by atoms with van der Waals surface area (Å²) in [5.74, 6) is 1.68. The Morgan fingerprint density at radius 2 is 1.44 bits per heavy atom. The van der Waals surface area contributed by atoms with E-state index in [1.807, 2.05) is 36.7 Å². The predicted molar refractivity (Wildman–Crippen MR) is 138 cm³/mol. The molecule has 0 N–H and O–H groups in total. The van der Waals surface area contributed by atoms with Gasteiger partial charge in [0.15, 0.2) is 14.1 Å². The third-order valence-electron chi connectivity index (χ3n) is 5.48. The van der Waals surface area contributed by atoms with E-state index in [-0.39, 0.29) is 6.10 Å². The lowest BCUT2D eigenvalue weighted by Crippen LogP contribution is -2.30. The van der Waals surface area contributed by atoms with Crippen molar-refractivity contribution in [1.29, 1.82) is 0 Å². The molecule has 0 fully saturated rings. The molecule has 4 nitrogen and oxygen atoms in total. The molecular formula is C27H44N2O2Si. The monoisotopic (exact) mass is 456 g/mol. The van der Waals surface area contributed by atoms with Crippen LogP contribution in [0.25, 0.3) is 11.4 Å². The molecule has 1 heterocycles. The molecule has 1 aromatic carbocycles. The van der Waals surface area contributed by atoms with Gasteiger partial charge in [0.05, 0.1) is 6.61 Å². The number of hydrogen-bond donors (Lipinski definition) is 0. The summed E-state index contributed by atoms with van der Waals surface area (Å²) in [4.78, 5) is 9.14. The summed E-state index contributed by atoms with van der Waals surface area (Å²) in [6.07, 6.45) is 16.6. The molecular weight excluding hydrogens is 412 g/mol. The van der Waals surface area contributed by atoms with Gasteiger partial charge in [-0.3, -0.25) is 0 Å². The van der Waals surface area contributed by atoms with Gasteiger partial charge in [-0.15, -0.1) is 0 Å². The van der Waals surface area contributed by atoms with Crippen LogP contribution in [0, 0.1) is 0 Å². The van der Waals surface area contributed by atoms with E-state index in [2.05, 4.69) is 43.5 Å². The van der Waals surface area contributed by atoms with E-state index in [0.29, 0.717) is 0 Å². The maximum Gasteiger partial charge on any atom is 0.184 e. The van der Waals surface area contributed by atoms with Crippen molar-refractivity contribution in [3.8, 4) is 17.1 Å². The predicted octanol–water partition coefficient (Wildman–Crippen LogP) is 7.84. The highest BCUT2D eigenvalue weighted by atomic mass is 28.4. The van der Waals surface area contributed by atoms with Crippen LogP contribution in [-0.2, 0) is 10.8 Å². The molecule has 0 saturated heterocycles. The molecule has 0 aliphatic carbocycles. The first-order valence-electron chi connectivity index (χ1n) is 12.6. The molecule has 0 aliphatic heterocycles. The Balaban J connectivity index is 1.69. The Morgan fingerprint density at radius 3 is 2.03 bits per heavy atom. The molecule has 0 aliphatic rings. The molecule has 0 bridgehead atoms. The van der Waals surface area contributed by atoms with Gasteiger partial charge in [0.2, 0.25) is 0 Å². The average Bonchev–Trinajstić information content (AvgIpc) is 2.76.